The quantitative estimate of drug-likeness (QED) is 0.548. The third-order valence-electron chi connectivity index (χ3n) is 3.63. The van der Waals surface area contributed by atoms with Gasteiger partial charge in [-0.15, -0.1) is 0 Å². The van der Waals surface area contributed by atoms with Crippen LogP contribution in [0.1, 0.15) is 31.1 Å². The molecule has 134 valence electrons. The lowest BCUT2D eigenvalue weighted by atomic mass is 10.1. The Morgan fingerprint density at radius 2 is 1.00 bits per heavy atom. The standard InChI is InChI=1S/C21H14O6/c22-19(23)18-16(26-20(24)14-8-3-1-4-9-14)12-7-13-17(18)27-21(25)15-10-5-2-6-11-15/h1-13H,(H,22,23). The lowest BCUT2D eigenvalue weighted by Crippen LogP contribution is -2.15. The second kappa shape index (κ2) is 7.97. The van der Waals surface area contributed by atoms with Gasteiger partial charge in [-0.2, -0.15) is 0 Å². The normalized spacial score (nSPS) is 10.1. The number of benzene rings is 3. The monoisotopic (exact) mass is 362 g/mol. The summed E-state index contributed by atoms with van der Waals surface area (Å²) in [6.45, 7) is 0. The van der Waals surface area contributed by atoms with E-state index >= 15 is 0 Å². The Balaban J connectivity index is 1.90. The summed E-state index contributed by atoms with van der Waals surface area (Å²) in [5.74, 6) is -3.25. The zero-order valence-electron chi connectivity index (χ0n) is 14.0. The van der Waals surface area contributed by atoms with Crippen LogP contribution in [0.25, 0.3) is 0 Å². The number of esters is 2. The predicted molar refractivity (Wildman–Crippen MR) is 96.2 cm³/mol. The van der Waals surface area contributed by atoms with Crippen molar-refractivity contribution < 1.29 is 29.0 Å². The number of hydrogen-bond acceptors (Lipinski definition) is 5. The predicted octanol–water partition coefficient (Wildman–Crippen LogP) is 3.82. The van der Waals surface area contributed by atoms with Crippen molar-refractivity contribution in [2.75, 3.05) is 0 Å². The first-order chi connectivity index (χ1) is 13.1. The molecule has 0 aliphatic rings. The van der Waals surface area contributed by atoms with E-state index in [0.717, 1.165) is 0 Å². The molecule has 0 spiro atoms. The van der Waals surface area contributed by atoms with Crippen molar-refractivity contribution in [3.8, 4) is 11.5 Å². The topological polar surface area (TPSA) is 89.9 Å². The number of carboxylic acid groups (broad SMARTS) is 1. The number of ether oxygens (including phenoxy) is 2. The summed E-state index contributed by atoms with van der Waals surface area (Å²) < 4.78 is 10.4. The fourth-order valence-corrected chi connectivity index (χ4v) is 2.36. The van der Waals surface area contributed by atoms with Crippen molar-refractivity contribution in [2.24, 2.45) is 0 Å². The number of carboxylic acids is 1. The number of hydrogen-bond donors (Lipinski definition) is 1. The molecule has 0 aliphatic carbocycles. The molecule has 3 aromatic rings. The molecule has 3 rings (SSSR count). The molecule has 0 unspecified atom stereocenters. The van der Waals surface area contributed by atoms with E-state index < -0.39 is 23.5 Å². The Morgan fingerprint density at radius 3 is 1.37 bits per heavy atom. The second-order valence-corrected chi connectivity index (χ2v) is 5.45. The van der Waals surface area contributed by atoms with Crippen LogP contribution in [0.5, 0.6) is 11.5 Å². The van der Waals surface area contributed by atoms with Crippen LogP contribution in [0.2, 0.25) is 0 Å². The van der Waals surface area contributed by atoms with E-state index in [-0.39, 0.29) is 22.6 Å². The zero-order chi connectivity index (χ0) is 19.2. The summed E-state index contributed by atoms with van der Waals surface area (Å²) in [5, 5.41) is 9.53. The fourth-order valence-electron chi connectivity index (χ4n) is 2.36. The molecule has 6 heteroatoms. The van der Waals surface area contributed by atoms with Gasteiger partial charge in [0, 0.05) is 0 Å². The van der Waals surface area contributed by atoms with Crippen molar-refractivity contribution in [1.29, 1.82) is 0 Å². The molecular formula is C21H14O6. The van der Waals surface area contributed by atoms with Gasteiger partial charge in [0.2, 0.25) is 0 Å². The van der Waals surface area contributed by atoms with Gasteiger partial charge in [0.1, 0.15) is 17.1 Å². The van der Waals surface area contributed by atoms with Crippen LogP contribution in [0.15, 0.2) is 78.9 Å². The molecule has 0 radical (unpaired) electrons. The first kappa shape index (κ1) is 17.9. The van der Waals surface area contributed by atoms with Gasteiger partial charge in [-0.1, -0.05) is 42.5 Å². The van der Waals surface area contributed by atoms with E-state index in [9.17, 15) is 19.5 Å². The minimum absolute atomic E-state index is 0.213. The van der Waals surface area contributed by atoms with Crippen molar-refractivity contribution in [3.63, 3.8) is 0 Å². The Bertz CT molecular complexity index is 908. The highest BCUT2D eigenvalue weighted by Crippen LogP contribution is 2.30. The van der Waals surface area contributed by atoms with Crippen LogP contribution in [-0.4, -0.2) is 23.0 Å². The molecule has 0 amide bonds. The summed E-state index contributed by atoms with van der Waals surface area (Å²) in [6, 6.07) is 20.4. The molecule has 27 heavy (non-hydrogen) atoms. The van der Waals surface area contributed by atoms with Crippen LogP contribution < -0.4 is 9.47 Å². The SMILES string of the molecule is O=C(Oc1cccc(OC(=O)c2ccccc2)c1C(=O)O)c1ccccc1. The maximum absolute atomic E-state index is 12.2. The Labute approximate surface area is 154 Å². The number of aromatic carboxylic acids is 1. The van der Waals surface area contributed by atoms with Gasteiger partial charge in [-0.25, -0.2) is 14.4 Å². The molecule has 0 saturated heterocycles. The van der Waals surface area contributed by atoms with E-state index in [0.29, 0.717) is 0 Å². The van der Waals surface area contributed by atoms with Gasteiger partial charge in [0.25, 0.3) is 0 Å². The van der Waals surface area contributed by atoms with Crippen molar-refractivity contribution in [3.05, 3.63) is 95.6 Å². The molecule has 0 saturated carbocycles. The lowest BCUT2D eigenvalue weighted by molar-refractivity contribution is 0.0669. The third-order valence-corrected chi connectivity index (χ3v) is 3.63. The molecule has 3 aromatic carbocycles. The molecule has 0 fully saturated rings. The Kier molecular flexibility index (Phi) is 5.28. The average molecular weight is 362 g/mol. The van der Waals surface area contributed by atoms with E-state index in [1.54, 1.807) is 60.7 Å². The third kappa shape index (κ3) is 4.19. The first-order valence-electron chi connectivity index (χ1n) is 7.97. The molecule has 0 aliphatic heterocycles. The highest BCUT2D eigenvalue weighted by Gasteiger charge is 2.23. The van der Waals surface area contributed by atoms with E-state index in [4.69, 9.17) is 9.47 Å². The van der Waals surface area contributed by atoms with Crippen LogP contribution in [-0.2, 0) is 0 Å². The van der Waals surface area contributed by atoms with Crippen molar-refractivity contribution in [1.82, 2.24) is 0 Å². The van der Waals surface area contributed by atoms with E-state index in [2.05, 4.69) is 0 Å². The summed E-state index contributed by atoms with van der Waals surface area (Å²) in [4.78, 5) is 36.1. The van der Waals surface area contributed by atoms with Crippen LogP contribution in [0.4, 0.5) is 0 Å². The van der Waals surface area contributed by atoms with Gasteiger partial charge in [0.15, 0.2) is 0 Å². The average Bonchev–Trinajstić information content (AvgIpc) is 2.69. The highest BCUT2D eigenvalue weighted by atomic mass is 16.5. The molecule has 1 N–H and O–H groups in total. The van der Waals surface area contributed by atoms with Crippen LogP contribution in [0, 0.1) is 0 Å². The van der Waals surface area contributed by atoms with Crippen molar-refractivity contribution >= 4 is 17.9 Å². The number of carbonyl (C=O) groups excluding carboxylic acids is 2. The summed E-state index contributed by atoms with van der Waals surface area (Å²) in [5.41, 5.74) is 0.118. The Morgan fingerprint density at radius 1 is 0.593 bits per heavy atom. The zero-order valence-corrected chi connectivity index (χ0v) is 14.0. The minimum Gasteiger partial charge on any atom is -0.477 e. The Hall–Kier alpha value is -3.93. The largest absolute Gasteiger partial charge is 0.477 e. The highest BCUT2D eigenvalue weighted by molar-refractivity contribution is 5.99. The summed E-state index contributed by atoms with van der Waals surface area (Å²) >= 11 is 0. The molecule has 0 aromatic heterocycles. The van der Waals surface area contributed by atoms with Crippen molar-refractivity contribution in [2.45, 2.75) is 0 Å². The van der Waals surface area contributed by atoms with Crippen LogP contribution in [0.3, 0.4) is 0 Å². The summed E-state index contributed by atoms with van der Waals surface area (Å²) in [6.07, 6.45) is 0. The minimum atomic E-state index is -1.39. The molecule has 0 heterocycles. The van der Waals surface area contributed by atoms with Gasteiger partial charge in [-0.3, -0.25) is 0 Å². The van der Waals surface area contributed by atoms with Gasteiger partial charge in [-0.05, 0) is 36.4 Å². The van der Waals surface area contributed by atoms with Gasteiger partial charge >= 0.3 is 17.9 Å². The second-order valence-electron chi connectivity index (χ2n) is 5.45. The van der Waals surface area contributed by atoms with Gasteiger partial charge in [0.05, 0.1) is 11.1 Å². The first-order valence-corrected chi connectivity index (χ1v) is 7.97. The lowest BCUT2D eigenvalue weighted by Gasteiger charge is -2.12. The summed E-state index contributed by atoms with van der Waals surface area (Å²) in [7, 11) is 0. The number of rotatable bonds is 5. The van der Waals surface area contributed by atoms with Crippen LogP contribution >= 0.6 is 0 Å². The fraction of sp³-hybridized carbons (Fsp3) is 0. The molecule has 6 nitrogen and oxygen atoms in total. The van der Waals surface area contributed by atoms with Gasteiger partial charge < -0.3 is 14.6 Å². The maximum Gasteiger partial charge on any atom is 0.343 e. The molecule has 0 atom stereocenters. The number of carbonyl (C=O) groups is 3. The van der Waals surface area contributed by atoms with E-state index in [1.165, 1.54) is 18.2 Å². The molecular weight excluding hydrogens is 348 g/mol. The maximum atomic E-state index is 12.2. The van der Waals surface area contributed by atoms with E-state index in [1.807, 2.05) is 0 Å². The smallest absolute Gasteiger partial charge is 0.343 e. The molecule has 0 bridgehead atoms.